The lowest BCUT2D eigenvalue weighted by atomic mass is 10.2. The summed E-state index contributed by atoms with van der Waals surface area (Å²) in [5.74, 6) is -0.287. The van der Waals surface area contributed by atoms with Gasteiger partial charge in [-0.25, -0.2) is 5.43 Å². The number of nitrogens with one attached hydrogen (secondary N) is 2. The molecule has 0 fully saturated rings. The minimum Gasteiger partial charge on any atom is -0.376 e. The Kier molecular flexibility index (Phi) is 5.40. The summed E-state index contributed by atoms with van der Waals surface area (Å²) in [6.45, 7) is 2.07. The van der Waals surface area contributed by atoms with Crippen LogP contribution >= 0.6 is 0 Å². The highest BCUT2D eigenvalue weighted by molar-refractivity contribution is 5.84. The number of rotatable bonds is 6. The molecule has 0 aliphatic heterocycles. The third kappa shape index (κ3) is 5.24. The number of benzene rings is 2. The molecule has 0 aliphatic carbocycles. The molecule has 2 aromatic carbocycles. The topological polar surface area (TPSA) is 96.6 Å². The van der Waals surface area contributed by atoms with Crippen LogP contribution in [0.2, 0.25) is 0 Å². The van der Waals surface area contributed by atoms with E-state index in [2.05, 4.69) is 15.8 Å². The van der Waals surface area contributed by atoms with Gasteiger partial charge < -0.3 is 5.32 Å². The molecule has 118 valence electrons. The minimum absolute atomic E-state index is 0.00791. The van der Waals surface area contributed by atoms with Crippen molar-refractivity contribution in [3.05, 3.63) is 69.8 Å². The van der Waals surface area contributed by atoms with Crippen LogP contribution in [-0.2, 0) is 4.79 Å². The molecule has 0 bridgehead atoms. The first-order chi connectivity index (χ1) is 11.0. The maximum atomic E-state index is 11.7. The number of carbonyl (C=O) groups is 1. The molecule has 0 unspecified atom stereocenters. The summed E-state index contributed by atoms with van der Waals surface area (Å²) in [6.07, 6.45) is 1.42. The second kappa shape index (κ2) is 7.69. The Labute approximate surface area is 133 Å². The first-order valence-electron chi connectivity index (χ1n) is 6.91. The lowest BCUT2D eigenvalue weighted by Crippen LogP contribution is -2.25. The van der Waals surface area contributed by atoms with Crippen molar-refractivity contribution in [1.29, 1.82) is 0 Å². The summed E-state index contributed by atoms with van der Waals surface area (Å²) in [5.41, 5.74) is 5.01. The van der Waals surface area contributed by atoms with Crippen LogP contribution in [-0.4, -0.2) is 23.6 Å². The first-order valence-corrected chi connectivity index (χ1v) is 6.91. The summed E-state index contributed by atoms with van der Waals surface area (Å²) in [4.78, 5) is 21.7. The lowest BCUT2D eigenvalue weighted by molar-refractivity contribution is -0.384. The number of hydrogen-bond acceptors (Lipinski definition) is 5. The molecule has 23 heavy (non-hydrogen) atoms. The van der Waals surface area contributed by atoms with Gasteiger partial charge in [0.1, 0.15) is 0 Å². The normalized spacial score (nSPS) is 10.5. The van der Waals surface area contributed by atoms with Crippen LogP contribution in [0.4, 0.5) is 11.4 Å². The molecular formula is C16H16N4O3. The first kappa shape index (κ1) is 16.2. The smallest absolute Gasteiger partial charge is 0.269 e. The Hall–Kier alpha value is -3.22. The van der Waals surface area contributed by atoms with Crippen molar-refractivity contribution < 1.29 is 9.72 Å². The summed E-state index contributed by atoms with van der Waals surface area (Å²) in [7, 11) is 0. The van der Waals surface area contributed by atoms with Crippen molar-refractivity contribution >= 4 is 23.5 Å². The van der Waals surface area contributed by atoms with E-state index in [1.165, 1.54) is 18.3 Å². The van der Waals surface area contributed by atoms with Gasteiger partial charge in [0.25, 0.3) is 11.6 Å². The van der Waals surface area contributed by atoms with E-state index in [9.17, 15) is 14.9 Å². The van der Waals surface area contributed by atoms with Crippen molar-refractivity contribution in [3.63, 3.8) is 0 Å². The number of nitrogens with zero attached hydrogens (tertiary/aromatic N) is 2. The number of hydrogen-bond donors (Lipinski definition) is 2. The van der Waals surface area contributed by atoms with Crippen LogP contribution in [0.5, 0.6) is 0 Å². The molecule has 0 spiro atoms. The van der Waals surface area contributed by atoms with Crippen LogP contribution in [0.25, 0.3) is 0 Å². The van der Waals surface area contributed by atoms with Gasteiger partial charge in [-0.15, -0.1) is 0 Å². The van der Waals surface area contributed by atoms with Crippen LogP contribution in [0, 0.1) is 17.0 Å². The number of non-ortho nitro benzene ring substituents is 1. The van der Waals surface area contributed by atoms with Crippen molar-refractivity contribution in [1.82, 2.24) is 5.43 Å². The van der Waals surface area contributed by atoms with Gasteiger partial charge in [-0.1, -0.05) is 12.1 Å². The van der Waals surface area contributed by atoms with Crippen molar-refractivity contribution in [3.8, 4) is 0 Å². The van der Waals surface area contributed by atoms with Gasteiger partial charge in [0.15, 0.2) is 0 Å². The third-order valence-corrected chi connectivity index (χ3v) is 2.98. The van der Waals surface area contributed by atoms with Crippen molar-refractivity contribution in [2.24, 2.45) is 5.10 Å². The van der Waals surface area contributed by atoms with Gasteiger partial charge in [0, 0.05) is 17.8 Å². The quantitative estimate of drug-likeness (QED) is 0.486. The van der Waals surface area contributed by atoms with E-state index in [0.29, 0.717) is 5.56 Å². The molecule has 7 heteroatoms. The third-order valence-electron chi connectivity index (χ3n) is 2.98. The van der Waals surface area contributed by atoms with Gasteiger partial charge in [-0.05, 0) is 42.3 Å². The Morgan fingerprint density at radius 1 is 1.26 bits per heavy atom. The summed E-state index contributed by atoms with van der Waals surface area (Å²) >= 11 is 0. The predicted molar refractivity (Wildman–Crippen MR) is 88.5 cm³/mol. The van der Waals surface area contributed by atoms with Gasteiger partial charge in [0.2, 0.25) is 0 Å². The lowest BCUT2D eigenvalue weighted by Gasteiger charge is -2.05. The largest absolute Gasteiger partial charge is 0.376 e. The van der Waals surface area contributed by atoms with Crippen LogP contribution in [0.15, 0.2) is 53.6 Å². The van der Waals surface area contributed by atoms with E-state index >= 15 is 0 Å². The van der Waals surface area contributed by atoms with E-state index in [0.717, 1.165) is 11.3 Å². The maximum Gasteiger partial charge on any atom is 0.269 e. The molecule has 2 aromatic rings. The standard InChI is InChI=1S/C16H16N4O3/c1-12-3-2-4-14(9-12)17-11-16(21)19-18-10-13-5-7-15(8-6-13)20(22)23/h2-10,17H,11H2,1H3,(H,19,21)/b18-10-. The summed E-state index contributed by atoms with van der Waals surface area (Å²) < 4.78 is 0. The van der Waals surface area contributed by atoms with E-state index in [-0.39, 0.29) is 18.1 Å². The highest BCUT2D eigenvalue weighted by Gasteiger charge is 2.03. The Bertz CT molecular complexity index is 726. The molecule has 0 aliphatic rings. The molecule has 7 nitrogen and oxygen atoms in total. The fourth-order valence-corrected chi connectivity index (χ4v) is 1.84. The average Bonchev–Trinajstić information content (AvgIpc) is 2.53. The Balaban J connectivity index is 1.80. The summed E-state index contributed by atoms with van der Waals surface area (Å²) in [6, 6.07) is 13.6. The van der Waals surface area contributed by atoms with Crippen molar-refractivity contribution in [2.75, 3.05) is 11.9 Å². The van der Waals surface area contributed by atoms with Crippen LogP contribution in [0.3, 0.4) is 0 Å². The van der Waals surface area contributed by atoms with Gasteiger partial charge in [-0.3, -0.25) is 14.9 Å². The van der Waals surface area contributed by atoms with Crippen LogP contribution in [0.1, 0.15) is 11.1 Å². The minimum atomic E-state index is -0.473. The zero-order valence-electron chi connectivity index (χ0n) is 12.5. The highest BCUT2D eigenvalue weighted by Crippen LogP contribution is 2.10. The second-order valence-corrected chi connectivity index (χ2v) is 4.86. The molecule has 0 atom stereocenters. The molecule has 1 amide bonds. The number of nitro benzene ring substituents is 1. The van der Waals surface area contributed by atoms with Gasteiger partial charge in [-0.2, -0.15) is 5.10 Å². The van der Waals surface area contributed by atoms with Gasteiger partial charge >= 0.3 is 0 Å². The molecular weight excluding hydrogens is 296 g/mol. The Morgan fingerprint density at radius 3 is 2.65 bits per heavy atom. The number of nitro groups is 1. The van der Waals surface area contributed by atoms with E-state index in [1.54, 1.807) is 12.1 Å². The predicted octanol–water partition coefficient (Wildman–Crippen LogP) is 2.47. The number of hydrazone groups is 1. The molecule has 0 heterocycles. The SMILES string of the molecule is Cc1cccc(NCC(=O)N/N=C\c2ccc([N+](=O)[O-])cc2)c1. The summed E-state index contributed by atoms with van der Waals surface area (Å²) in [5, 5.41) is 17.3. The van der Waals surface area contributed by atoms with Crippen LogP contribution < -0.4 is 10.7 Å². The molecule has 0 saturated carbocycles. The number of amides is 1. The molecule has 0 radical (unpaired) electrons. The fourth-order valence-electron chi connectivity index (χ4n) is 1.84. The zero-order chi connectivity index (χ0) is 16.7. The average molecular weight is 312 g/mol. The van der Waals surface area contributed by atoms with E-state index < -0.39 is 4.92 Å². The number of carbonyl (C=O) groups excluding carboxylic acids is 1. The zero-order valence-corrected chi connectivity index (χ0v) is 12.5. The molecule has 0 aromatic heterocycles. The maximum absolute atomic E-state index is 11.7. The molecule has 2 N–H and O–H groups in total. The fraction of sp³-hybridized carbons (Fsp3) is 0.125. The number of aryl methyl sites for hydroxylation is 1. The second-order valence-electron chi connectivity index (χ2n) is 4.86. The van der Waals surface area contributed by atoms with Gasteiger partial charge in [0.05, 0.1) is 17.7 Å². The molecule has 2 rings (SSSR count). The highest BCUT2D eigenvalue weighted by atomic mass is 16.6. The van der Waals surface area contributed by atoms with E-state index in [1.807, 2.05) is 31.2 Å². The number of anilines is 1. The molecule has 0 saturated heterocycles. The van der Waals surface area contributed by atoms with Crippen molar-refractivity contribution in [2.45, 2.75) is 6.92 Å². The van der Waals surface area contributed by atoms with E-state index in [4.69, 9.17) is 0 Å². The Morgan fingerprint density at radius 2 is 2.00 bits per heavy atom. The monoisotopic (exact) mass is 312 g/mol.